The summed E-state index contributed by atoms with van der Waals surface area (Å²) in [5.41, 5.74) is 1.50. The number of benzene rings is 2. The first-order valence-corrected chi connectivity index (χ1v) is 6.75. The second kappa shape index (κ2) is 7.36. The van der Waals surface area contributed by atoms with E-state index in [-0.39, 0.29) is 12.3 Å². The summed E-state index contributed by atoms with van der Waals surface area (Å²) in [6.45, 7) is 0.00775. The maximum atomic E-state index is 12.0. The summed E-state index contributed by atoms with van der Waals surface area (Å²) >= 11 is 0. The van der Waals surface area contributed by atoms with Gasteiger partial charge < -0.3 is 5.11 Å². The Hall–Kier alpha value is -2.46. The number of aliphatic carboxylic acids is 1. The van der Waals surface area contributed by atoms with Gasteiger partial charge in [-0.15, -0.1) is 0 Å². The zero-order valence-electron chi connectivity index (χ0n) is 11.5. The van der Waals surface area contributed by atoms with Crippen LogP contribution in [0.2, 0.25) is 0 Å². The van der Waals surface area contributed by atoms with E-state index < -0.39 is 12.0 Å². The average molecular weight is 283 g/mol. The van der Waals surface area contributed by atoms with Crippen LogP contribution >= 0.6 is 0 Å². The standard InChI is InChI=1S/C17H17NO3/c19-16(14-9-5-2-6-10-14)12-18-15(17(20)21)11-13-7-3-1-4-8-13/h1-10,15,18H,11-12H2,(H,20,21)/t15-/m0/s1. The second-order valence-electron chi connectivity index (χ2n) is 4.75. The average Bonchev–Trinajstić information content (AvgIpc) is 2.52. The van der Waals surface area contributed by atoms with Crippen molar-refractivity contribution in [3.05, 3.63) is 71.8 Å². The minimum absolute atomic E-state index is 0.00775. The maximum Gasteiger partial charge on any atom is 0.321 e. The van der Waals surface area contributed by atoms with Crippen LogP contribution in [0.5, 0.6) is 0 Å². The number of hydrogen-bond donors (Lipinski definition) is 2. The van der Waals surface area contributed by atoms with Crippen molar-refractivity contribution >= 4 is 11.8 Å². The van der Waals surface area contributed by atoms with Crippen molar-refractivity contribution < 1.29 is 14.7 Å². The molecule has 0 bridgehead atoms. The molecule has 0 radical (unpaired) electrons. The summed E-state index contributed by atoms with van der Waals surface area (Å²) in [6, 6.07) is 17.4. The van der Waals surface area contributed by atoms with Gasteiger partial charge in [-0.2, -0.15) is 0 Å². The largest absolute Gasteiger partial charge is 0.480 e. The number of ketones is 1. The van der Waals surface area contributed by atoms with Gasteiger partial charge in [-0.05, 0) is 12.0 Å². The van der Waals surface area contributed by atoms with Crippen LogP contribution in [0.25, 0.3) is 0 Å². The van der Waals surface area contributed by atoms with Gasteiger partial charge in [0.2, 0.25) is 0 Å². The van der Waals surface area contributed by atoms with Crippen LogP contribution < -0.4 is 5.32 Å². The molecule has 4 heteroatoms. The van der Waals surface area contributed by atoms with Crippen molar-refractivity contribution in [2.45, 2.75) is 12.5 Å². The van der Waals surface area contributed by atoms with Crippen molar-refractivity contribution in [2.75, 3.05) is 6.54 Å². The van der Waals surface area contributed by atoms with Crippen molar-refractivity contribution in [3.63, 3.8) is 0 Å². The van der Waals surface area contributed by atoms with E-state index in [1.807, 2.05) is 36.4 Å². The Morgan fingerprint density at radius 3 is 2.10 bits per heavy atom. The normalized spacial score (nSPS) is 11.8. The van der Waals surface area contributed by atoms with Gasteiger partial charge in [-0.1, -0.05) is 60.7 Å². The van der Waals surface area contributed by atoms with Crippen LogP contribution in [0, 0.1) is 0 Å². The van der Waals surface area contributed by atoms with Gasteiger partial charge in [0.25, 0.3) is 0 Å². The predicted molar refractivity (Wildman–Crippen MR) is 80.3 cm³/mol. The summed E-state index contributed by atoms with van der Waals surface area (Å²) < 4.78 is 0. The molecule has 0 unspecified atom stereocenters. The quantitative estimate of drug-likeness (QED) is 0.764. The molecule has 0 aromatic heterocycles. The van der Waals surface area contributed by atoms with Crippen LogP contribution in [0.3, 0.4) is 0 Å². The number of carboxylic acid groups (broad SMARTS) is 1. The molecule has 2 rings (SSSR count). The van der Waals surface area contributed by atoms with Crippen molar-refractivity contribution in [1.82, 2.24) is 5.32 Å². The minimum atomic E-state index is -0.959. The van der Waals surface area contributed by atoms with Gasteiger partial charge in [-0.3, -0.25) is 14.9 Å². The highest BCUT2D eigenvalue weighted by Gasteiger charge is 2.18. The van der Waals surface area contributed by atoms with Gasteiger partial charge >= 0.3 is 5.97 Å². The number of hydrogen-bond acceptors (Lipinski definition) is 3. The SMILES string of the molecule is O=C(CN[C@@H](Cc1ccccc1)C(=O)O)c1ccccc1. The lowest BCUT2D eigenvalue weighted by Gasteiger charge is -2.14. The number of rotatable bonds is 7. The molecule has 2 aromatic carbocycles. The van der Waals surface area contributed by atoms with Gasteiger partial charge in [0.05, 0.1) is 6.54 Å². The van der Waals surface area contributed by atoms with Crippen LogP contribution in [-0.2, 0) is 11.2 Å². The van der Waals surface area contributed by atoms with Gasteiger partial charge in [0.15, 0.2) is 5.78 Å². The van der Waals surface area contributed by atoms with E-state index in [0.717, 1.165) is 5.56 Å². The van der Waals surface area contributed by atoms with E-state index in [4.69, 9.17) is 0 Å². The van der Waals surface area contributed by atoms with Crippen LogP contribution in [0.4, 0.5) is 0 Å². The number of carbonyl (C=O) groups is 2. The molecule has 0 amide bonds. The van der Waals surface area contributed by atoms with Crippen LogP contribution in [-0.4, -0.2) is 29.4 Å². The second-order valence-corrected chi connectivity index (χ2v) is 4.75. The molecule has 0 saturated carbocycles. The third kappa shape index (κ3) is 4.54. The van der Waals surface area contributed by atoms with Gasteiger partial charge in [0, 0.05) is 5.56 Å². The molecule has 0 heterocycles. The third-order valence-corrected chi connectivity index (χ3v) is 3.19. The Kier molecular flexibility index (Phi) is 5.23. The molecular weight excluding hydrogens is 266 g/mol. The van der Waals surface area contributed by atoms with E-state index in [9.17, 15) is 14.7 Å². The molecule has 0 spiro atoms. The first-order valence-electron chi connectivity index (χ1n) is 6.75. The molecule has 1 atom stereocenters. The minimum Gasteiger partial charge on any atom is -0.480 e. The van der Waals surface area contributed by atoms with E-state index in [1.165, 1.54) is 0 Å². The molecule has 21 heavy (non-hydrogen) atoms. The molecule has 108 valence electrons. The topological polar surface area (TPSA) is 66.4 Å². The smallest absolute Gasteiger partial charge is 0.321 e. The Labute approximate surface area is 123 Å². The summed E-state index contributed by atoms with van der Waals surface area (Å²) in [7, 11) is 0. The van der Waals surface area contributed by atoms with Gasteiger partial charge in [0.1, 0.15) is 6.04 Å². The molecule has 2 N–H and O–H groups in total. The zero-order chi connectivity index (χ0) is 15.1. The molecule has 4 nitrogen and oxygen atoms in total. The molecule has 2 aromatic rings. The fourth-order valence-electron chi connectivity index (χ4n) is 2.04. The first kappa shape index (κ1) is 14.9. The molecule has 0 aliphatic rings. The van der Waals surface area contributed by atoms with Crippen molar-refractivity contribution in [2.24, 2.45) is 0 Å². The number of Topliss-reactive ketones (excluding diaryl/α,β-unsaturated/α-hetero) is 1. The fourth-order valence-corrected chi connectivity index (χ4v) is 2.04. The summed E-state index contributed by atoms with van der Waals surface area (Å²) in [5.74, 6) is -1.07. The molecule has 0 saturated heterocycles. The molecule has 0 aliphatic carbocycles. The molecule has 0 aliphatic heterocycles. The Morgan fingerprint density at radius 2 is 1.52 bits per heavy atom. The predicted octanol–water partition coefficient (Wildman–Crippen LogP) is 2.15. The van der Waals surface area contributed by atoms with Crippen molar-refractivity contribution in [1.29, 1.82) is 0 Å². The van der Waals surface area contributed by atoms with Crippen LogP contribution in [0.1, 0.15) is 15.9 Å². The zero-order valence-corrected chi connectivity index (χ0v) is 11.5. The highest BCUT2D eigenvalue weighted by atomic mass is 16.4. The van der Waals surface area contributed by atoms with E-state index in [0.29, 0.717) is 12.0 Å². The maximum absolute atomic E-state index is 12.0. The van der Waals surface area contributed by atoms with Crippen molar-refractivity contribution in [3.8, 4) is 0 Å². The summed E-state index contributed by atoms with van der Waals surface area (Å²) in [6.07, 6.45) is 0.345. The van der Waals surface area contributed by atoms with E-state index in [2.05, 4.69) is 5.32 Å². The Morgan fingerprint density at radius 1 is 0.952 bits per heavy atom. The highest BCUT2D eigenvalue weighted by Crippen LogP contribution is 2.04. The van der Waals surface area contributed by atoms with Crippen LogP contribution in [0.15, 0.2) is 60.7 Å². The van der Waals surface area contributed by atoms with E-state index >= 15 is 0 Å². The first-order chi connectivity index (χ1) is 10.2. The lowest BCUT2D eigenvalue weighted by Crippen LogP contribution is -2.41. The lowest BCUT2D eigenvalue weighted by atomic mass is 10.1. The Bertz CT molecular complexity index is 596. The molecule has 0 fully saturated rings. The number of nitrogens with one attached hydrogen (secondary N) is 1. The summed E-state index contributed by atoms with van der Waals surface area (Å²) in [4.78, 5) is 23.2. The van der Waals surface area contributed by atoms with Gasteiger partial charge in [-0.25, -0.2) is 0 Å². The number of carbonyl (C=O) groups excluding carboxylic acids is 1. The Balaban J connectivity index is 1.95. The lowest BCUT2D eigenvalue weighted by molar-refractivity contribution is -0.139. The fraction of sp³-hybridized carbons (Fsp3) is 0.176. The monoisotopic (exact) mass is 283 g/mol. The van der Waals surface area contributed by atoms with E-state index in [1.54, 1.807) is 24.3 Å². The highest BCUT2D eigenvalue weighted by molar-refractivity contribution is 5.97. The third-order valence-electron chi connectivity index (χ3n) is 3.19. The molecular formula is C17H17NO3. The number of carboxylic acids is 1. The summed E-state index contributed by atoms with van der Waals surface area (Å²) in [5, 5.41) is 12.1.